The van der Waals surface area contributed by atoms with E-state index in [0.717, 1.165) is 35.3 Å². The number of nitrogens with one attached hydrogen (secondary N) is 1. The first-order chi connectivity index (χ1) is 9.78. The predicted molar refractivity (Wildman–Crippen MR) is 79.3 cm³/mol. The molecule has 102 valence electrons. The summed E-state index contributed by atoms with van der Waals surface area (Å²) in [6.07, 6.45) is 4.80. The highest BCUT2D eigenvalue weighted by Gasteiger charge is 2.20. The molecule has 1 aromatic heterocycles. The van der Waals surface area contributed by atoms with Crippen molar-refractivity contribution in [3.63, 3.8) is 0 Å². The molecule has 0 spiro atoms. The summed E-state index contributed by atoms with van der Waals surface area (Å²) in [5.41, 5.74) is 2.07. The molecule has 1 saturated carbocycles. The summed E-state index contributed by atoms with van der Waals surface area (Å²) in [5, 5.41) is 21.9. The minimum absolute atomic E-state index is 0.391. The molecular weight excluding hydrogens is 248 g/mol. The number of anilines is 1. The Kier molecular flexibility index (Phi) is 3.51. The topological polar surface area (TPSA) is 61.6 Å². The summed E-state index contributed by atoms with van der Waals surface area (Å²) in [4.78, 5) is 0. The highest BCUT2D eigenvalue weighted by Crippen LogP contribution is 2.30. The van der Waals surface area contributed by atoms with E-state index < -0.39 is 0 Å². The number of aromatic nitrogens is 2. The van der Waals surface area contributed by atoms with Crippen molar-refractivity contribution in [2.24, 2.45) is 5.92 Å². The number of rotatable bonds is 2. The number of hydrogen-bond acceptors (Lipinski definition) is 4. The van der Waals surface area contributed by atoms with Gasteiger partial charge in [0.05, 0.1) is 11.2 Å². The van der Waals surface area contributed by atoms with Crippen molar-refractivity contribution in [3.8, 4) is 6.07 Å². The molecule has 2 aromatic rings. The zero-order chi connectivity index (χ0) is 13.9. The molecule has 0 unspecified atom stereocenters. The van der Waals surface area contributed by atoms with Crippen molar-refractivity contribution in [1.82, 2.24) is 10.2 Å². The minimum atomic E-state index is 0.391. The molecule has 1 N–H and O–H groups in total. The first-order valence-corrected chi connectivity index (χ1v) is 7.20. The molecule has 3 rings (SSSR count). The van der Waals surface area contributed by atoms with Gasteiger partial charge in [0, 0.05) is 11.4 Å². The van der Waals surface area contributed by atoms with Gasteiger partial charge < -0.3 is 5.32 Å². The molecule has 1 aromatic carbocycles. The molecule has 0 amide bonds. The largest absolute Gasteiger partial charge is 0.379 e. The average molecular weight is 266 g/mol. The van der Waals surface area contributed by atoms with Gasteiger partial charge in [0.15, 0.2) is 5.69 Å². The van der Waals surface area contributed by atoms with Crippen LogP contribution in [0.2, 0.25) is 0 Å². The highest BCUT2D eigenvalue weighted by molar-refractivity contribution is 5.92. The molecule has 20 heavy (non-hydrogen) atoms. The monoisotopic (exact) mass is 266 g/mol. The molecule has 1 fully saturated rings. The van der Waals surface area contributed by atoms with Gasteiger partial charge in [-0.3, -0.25) is 0 Å². The fourth-order valence-corrected chi connectivity index (χ4v) is 2.89. The Hall–Kier alpha value is -2.15. The van der Waals surface area contributed by atoms with E-state index in [2.05, 4.69) is 28.5 Å². The smallest absolute Gasteiger partial charge is 0.186 e. The molecular formula is C16H18N4. The van der Waals surface area contributed by atoms with Gasteiger partial charge >= 0.3 is 0 Å². The van der Waals surface area contributed by atoms with E-state index in [1.54, 1.807) is 0 Å². The summed E-state index contributed by atoms with van der Waals surface area (Å²) in [5.74, 6) is 0.816. The Labute approximate surface area is 118 Å². The normalized spacial score (nSPS) is 22.4. The second-order valence-corrected chi connectivity index (χ2v) is 5.65. The van der Waals surface area contributed by atoms with Crippen molar-refractivity contribution in [2.75, 3.05) is 5.32 Å². The van der Waals surface area contributed by atoms with Crippen LogP contribution in [-0.2, 0) is 0 Å². The van der Waals surface area contributed by atoms with Gasteiger partial charge in [-0.1, -0.05) is 25.1 Å². The lowest BCUT2D eigenvalue weighted by Crippen LogP contribution is -2.26. The Morgan fingerprint density at radius 2 is 1.90 bits per heavy atom. The van der Waals surface area contributed by atoms with Gasteiger partial charge in [-0.25, -0.2) is 0 Å². The maximum absolute atomic E-state index is 9.26. The van der Waals surface area contributed by atoms with Gasteiger partial charge in [0.1, 0.15) is 6.07 Å². The molecule has 1 aliphatic rings. The SMILES string of the molecule is CC1CCC(Nc2c(C#N)nnc3ccccc23)CC1. The van der Waals surface area contributed by atoms with Crippen LogP contribution in [0, 0.1) is 17.2 Å². The van der Waals surface area contributed by atoms with Crippen LogP contribution < -0.4 is 5.32 Å². The first kappa shape index (κ1) is 12.9. The van der Waals surface area contributed by atoms with E-state index in [-0.39, 0.29) is 0 Å². The van der Waals surface area contributed by atoms with Gasteiger partial charge in [0.2, 0.25) is 0 Å². The molecule has 0 saturated heterocycles. The van der Waals surface area contributed by atoms with Crippen LogP contribution in [0.4, 0.5) is 5.69 Å². The summed E-state index contributed by atoms with van der Waals surface area (Å²) in [6, 6.07) is 10.4. The van der Waals surface area contributed by atoms with Gasteiger partial charge in [0.25, 0.3) is 0 Å². The van der Waals surface area contributed by atoms with Crippen LogP contribution in [-0.4, -0.2) is 16.2 Å². The standard InChI is InChI=1S/C16H18N4/c1-11-6-8-12(9-7-11)18-16-13-4-2-3-5-14(13)19-20-15(16)10-17/h2-5,11-12H,6-9H2,1H3,(H,18,19). The van der Waals surface area contributed by atoms with Gasteiger partial charge in [-0.15, -0.1) is 10.2 Å². The molecule has 0 aliphatic heterocycles. The van der Waals surface area contributed by atoms with Crippen molar-refractivity contribution in [1.29, 1.82) is 5.26 Å². The predicted octanol–water partition coefficient (Wildman–Crippen LogP) is 3.49. The van der Waals surface area contributed by atoms with Crippen molar-refractivity contribution in [2.45, 2.75) is 38.6 Å². The van der Waals surface area contributed by atoms with Crippen LogP contribution >= 0.6 is 0 Å². The first-order valence-electron chi connectivity index (χ1n) is 7.20. The summed E-state index contributed by atoms with van der Waals surface area (Å²) in [7, 11) is 0. The van der Waals surface area contributed by atoms with Crippen LogP contribution in [0.3, 0.4) is 0 Å². The third-order valence-corrected chi connectivity index (χ3v) is 4.14. The van der Waals surface area contributed by atoms with E-state index in [0.29, 0.717) is 11.7 Å². The van der Waals surface area contributed by atoms with E-state index in [1.165, 1.54) is 12.8 Å². The Morgan fingerprint density at radius 3 is 2.65 bits per heavy atom. The van der Waals surface area contributed by atoms with Crippen LogP contribution in [0.15, 0.2) is 24.3 Å². The van der Waals surface area contributed by atoms with Crippen molar-refractivity contribution >= 4 is 16.6 Å². The minimum Gasteiger partial charge on any atom is -0.379 e. The average Bonchev–Trinajstić information content (AvgIpc) is 2.50. The molecule has 0 bridgehead atoms. The van der Waals surface area contributed by atoms with Crippen molar-refractivity contribution in [3.05, 3.63) is 30.0 Å². The third-order valence-electron chi connectivity index (χ3n) is 4.14. The molecule has 0 atom stereocenters. The van der Waals surface area contributed by atoms with Crippen LogP contribution in [0.1, 0.15) is 38.3 Å². The van der Waals surface area contributed by atoms with Crippen LogP contribution in [0.5, 0.6) is 0 Å². The van der Waals surface area contributed by atoms with Crippen LogP contribution in [0.25, 0.3) is 10.9 Å². The number of fused-ring (bicyclic) bond motifs is 1. The zero-order valence-electron chi connectivity index (χ0n) is 11.6. The number of benzene rings is 1. The molecule has 4 heteroatoms. The summed E-state index contributed by atoms with van der Waals surface area (Å²) < 4.78 is 0. The maximum Gasteiger partial charge on any atom is 0.186 e. The Balaban J connectivity index is 1.95. The van der Waals surface area contributed by atoms with E-state index in [4.69, 9.17) is 0 Å². The van der Waals surface area contributed by atoms with E-state index in [1.807, 2.05) is 24.3 Å². The second kappa shape index (κ2) is 5.46. The Bertz CT molecular complexity index is 651. The summed E-state index contributed by atoms with van der Waals surface area (Å²) >= 11 is 0. The van der Waals surface area contributed by atoms with Gasteiger partial charge in [-0.05, 0) is 37.7 Å². The number of nitriles is 1. The highest BCUT2D eigenvalue weighted by atomic mass is 15.1. The quantitative estimate of drug-likeness (QED) is 0.903. The third kappa shape index (κ3) is 2.44. The van der Waals surface area contributed by atoms with E-state index >= 15 is 0 Å². The second-order valence-electron chi connectivity index (χ2n) is 5.65. The maximum atomic E-state index is 9.26. The molecule has 4 nitrogen and oxygen atoms in total. The zero-order valence-corrected chi connectivity index (χ0v) is 11.6. The number of hydrogen-bond donors (Lipinski definition) is 1. The summed E-state index contributed by atoms with van der Waals surface area (Å²) in [6.45, 7) is 2.31. The lowest BCUT2D eigenvalue weighted by atomic mass is 9.87. The Morgan fingerprint density at radius 1 is 1.15 bits per heavy atom. The number of nitrogens with zero attached hydrogens (tertiary/aromatic N) is 3. The molecule has 1 aliphatic carbocycles. The lowest BCUT2D eigenvalue weighted by Gasteiger charge is -2.28. The fraction of sp³-hybridized carbons (Fsp3) is 0.438. The van der Waals surface area contributed by atoms with Crippen molar-refractivity contribution < 1.29 is 0 Å². The lowest BCUT2D eigenvalue weighted by molar-refractivity contribution is 0.361. The van der Waals surface area contributed by atoms with Gasteiger partial charge in [-0.2, -0.15) is 5.26 Å². The fourth-order valence-electron chi connectivity index (χ4n) is 2.89. The molecule has 1 heterocycles. The molecule has 0 radical (unpaired) electrons. The van der Waals surface area contributed by atoms with E-state index in [9.17, 15) is 5.26 Å².